The monoisotopic (exact) mass is 254 g/mol. The predicted molar refractivity (Wildman–Crippen MR) is 75.8 cm³/mol. The Labute approximate surface area is 112 Å². The minimum Gasteiger partial charge on any atom is -0.383 e. The van der Waals surface area contributed by atoms with Gasteiger partial charge >= 0.3 is 0 Å². The molecule has 0 aromatic heterocycles. The van der Waals surface area contributed by atoms with E-state index < -0.39 is 0 Å². The largest absolute Gasteiger partial charge is 0.383 e. The molecule has 0 aromatic rings. The van der Waals surface area contributed by atoms with Crippen LogP contribution in [0, 0.1) is 11.8 Å². The average molecular weight is 254 g/mol. The molecule has 2 rings (SSSR count). The fraction of sp³-hybridized carbons (Fsp3) is 1.00. The van der Waals surface area contributed by atoms with Crippen LogP contribution in [0.2, 0.25) is 0 Å². The van der Waals surface area contributed by atoms with Crippen molar-refractivity contribution in [3.63, 3.8) is 0 Å². The van der Waals surface area contributed by atoms with E-state index in [4.69, 9.17) is 4.74 Å². The molecule has 2 aliphatic rings. The van der Waals surface area contributed by atoms with Gasteiger partial charge in [0.2, 0.25) is 0 Å². The van der Waals surface area contributed by atoms with Gasteiger partial charge in [0.05, 0.1) is 6.61 Å². The van der Waals surface area contributed by atoms with Crippen LogP contribution >= 0.6 is 0 Å². The summed E-state index contributed by atoms with van der Waals surface area (Å²) in [5.74, 6) is 1.62. The van der Waals surface area contributed by atoms with Crippen LogP contribution in [0.25, 0.3) is 0 Å². The lowest BCUT2D eigenvalue weighted by Gasteiger charge is -2.45. The van der Waals surface area contributed by atoms with Crippen molar-refractivity contribution in [2.75, 3.05) is 26.8 Å². The summed E-state index contributed by atoms with van der Waals surface area (Å²) in [7, 11) is 1.82. The van der Waals surface area contributed by atoms with Gasteiger partial charge in [0.1, 0.15) is 0 Å². The summed E-state index contributed by atoms with van der Waals surface area (Å²) in [5, 5.41) is 3.67. The number of nitrogens with one attached hydrogen (secondary N) is 1. The van der Waals surface area contributed by atoms with Crippen molar-refractivity contribution >= 4 is 0 Å². The number of nitrogens with zero attached hydrogens (tertiary/aromatic N) is 1. The Morgan fingerprint density at radius 3 is 2.61 bits per heavy atom. The van der Waals surface area contributed by atoms with Crippen LogP contribution in [0.1, 0.15) is 40.0 Å². The number of likely N-dealkylation sites (tertiary alicyclic amines) is 1. The number of hydrogen-bond acceptors (Lipinski definition) is 3. The molecule has 106 valence electrons. The first-order valence-electron chi connectivity index (χ1n) is 7.59. The molecule has 1 N–H and O–H groups in total. The number of rotatable bonds is 6. The first-order chi connectivity index (χ1) is 8.61. The minimum absolute atomic E-state index is 0.538. The van der Waals surface area contributed by atoms with E-state index in [1.807, 2.05) is 7.11 Å². The highest BCUT2D eigenvalue weighted by Gasteiger charge is 2.34. The van der Waals surface area contributed by atoms with Gasteiger partial charge in [-0.2, -0.15) is 0 Å². The van der Waals surface area contributed by atoms with E-state index in [1.165, 1.54) is 25.8 Å². The molecule has 0 bridgehead atoms. The van der Waals surface area contributed by atoms with Gasteiger partial charge in [0.15, 0.2) is 0 Å². The second-order valence-electron chi connectivity index (χ2n) is 6.55. The van der Waals surface area contributed by atoms with Crippen molar-refractivity contribution in [3.05, 3.63) is 0 Å². The Morgan fingerprint density at radius 2 is 2.00 bits per heavy atom. The molecular weight excluding hydrogens is 224 g/mol. The van der Waals surface area contributed by atoms with E-state index in [2.05, 4.69) is 31.0 Å². The third kappa shape index (κ3) is 3.69. The van der Waals surface area contributed by atoms with Gasteiger partial charge in [-0.05, 0) is 38.0 Å². The first-order valence-corrected chi connectivity index (χ1v) is 7.59. The summed E-state index contributed by atoms with van der Waals surface area (Å²) in [4.78, 5) is 2.68. The molecule has 1 heterocycles. The molecule has 0 spiro atoms. The van der Waals surface area contributed by atoms with Gasteiger partial charge in [-0.3, -0.25) is 4.90 Å². The third-order valence-electron chi connectivity index (χ3n) is 4.69. The molecule has 18 heavy (non-hydrogen) atoms. The zero-order valence-corrected chi connectivity index (χ0v) is 12.5. The standard InChI is InChI=1S/C15H30N2O/c1-11-7-12(2)13(3)17(9-11)15(10-18-4)8-16-14-5-6-14/h11-16H,5-10H2,1-4H3. The molecule has 2 fully saturated rings. The van der Waals surface area contributed by atoms with Crippen LogP contribution < -0.4 is 5.32 Å². The maximum Gasteiger partial charge on any atom is 0.0630 e. The van der Waals surface area contributed by atoms with Crippen LogP contribution in [0.4, 0.5) is 0 Å². The maximum absolute atomic E-state index is 5.45. The van der Waals surface area contributed by atoms with E-state index >= 15 is 0 Å². The van der Waals surface area contributed by atoms with E-state index in [-0.39, 0.29) is 0 Å². The Kier molecular flexibility index (Phi) is 5.05. The van der Waals surface area contributed by atoms with Crippen LogP contribution in [0.3, 0.4) is 0 Å². The Bertz CT molecular complexity index is 255. The van der Waals surface area contributed by atoms with Gasteiger partial charge in [0, 0.05) is 38.3 Å². The lowest BCUT2D eigenvalue weighted by molar-refractivity contribution is 0.00654. The van der Waals surface area contributed by atoms with Gasteiger partial charge < -0.3 is 10.1 Å². The minimum atomic E-state index is 0.538. The average Bonchev–Trinajstić information content (AvgIpc) is 3.13. The zero-order valence-electron chi connectivity index (χ0n) is 12.5. The molecule has 4 atom stereocenters. The second-order valence-corrected chi connectivity index (χ2v) is 6.55. The summed E-state index contributed by atoms with van der Waals surface area (Å²) in [6, 6.07) is 2.01. The lowest BCUT2D eigenvalue weighted by Crippen LogP contribution is -2.55. The molecular formula is C15H30N2O. The number of ether oxygens (including phenoxy) is 1. The summed E-state index contributed by atoms with van der Waals surface area (Å²) < 4.78 is 5.45. The highest BCUT2D eigenvalue weighted by Crippen LogP contribution is 2.28. The van der Waals surface area contributed by atoms with Crippen molar-refractivity contribution in [2.24, 2.45) is 11.8 Å². The normalized spacial score (nSPS) is 35.7. The van der Waals surface area contributed by atoms with Crippen molar-refractivity contribution in [1.29, 1.82) is 0 Å². The van der Waals surface area contributed by atoms with E-state index in [0.29, 0.717) is 12.1 Å². The molecule has 1 saturated carbocycles. The summed E-state index contributed by atoms with van der Waals surface area (Å²) in [6.07, 6.45) is 4.09. The van der Waals surface area contributed by atoms with Crippen molar-refractivity contribution < 1.29 is 4.74 Å². The molecule has 0 aromatic carbocycles. The molecule has 3 heteroatoms. The van der Waals surface area contributed by atoms with Crippen LogP contribution in [-0.4, -0.2) is 49.8 Å². The molecule has 1 saturated heterocycles. The number of methoxy groups -OCH3 is 1. The Hall–Kier alpha value is -0.120. The quantitative estimate of drug-likeness (QED) is 0.786. The molecule has 3 nitrogen and oxygen atoms in total. The fourth-order valence-electron chi connectivity index (χ4n) is 3.30. The van der Waals surface area contributed by atoms with Crippen LogP contribution in [-0.2, 0) is 4.74 Å². The smallest absolute Gasteiger partial charge is 0.0630 e. The van der Waals surface area contributed by atoms with Gasteiger partial charge in [-0.1, -0.05) is 13.8 Å². The number of piperidine rings is 1. The second kappa shape index (κ2) is 6.36. The topological polar surface area (TPSA) is 24.5 Å². The van der Waals surface area contributed by atoms with Gasteiger partial charge in [-0.15, -0.1) is 0 Å². The fourth-order valence-corrected chi connectivity index (χ4v) is 3.30. The molecule has 4 unspecified atom stereocenters. The number of hydrogen-bond donors (Lipinski definition) is 1. The Morgan fingerprint density at radius 1 is 1.28 bits per heavy atom. The SMILES string of the molecule is COCC(CNC1CC1)N1CC(C)CC(C)C1C. The molecule has 1 aliphatic heterocycles. The van der Waals surface area contributed by atoms with Crippen LogP contribution in [0.5, 0.6) is 0 Å². The third-order valence-corrected chi connectivity index (χ3v) is 4.69. The van der Waals surface area contributed by atoms with E-state index in [9.17, 15) is 0 Å². The van der Waals surface area contributed by atoms with E-state index in [0.717, 1.165) is 31.0 Å². The molecule has 0 radical (unpaired) electrons. The van der Waals surface area contributed by atoms with Gasteiger partial charge in [0.25, 0.3) is 0 Å². The van der Waals surface area contributed by atoms with Crippen molar-refractivity contribution in [2.45, 2.75) is 58.2 Å². The molecule has 1 aliphatic carbocycles. The highest BCUT2D eigenvalue weighted by molar-refractivity contribution is 4.89. The summed E-state index contributed by atoms with van der Waals surface area (Å²) in [5.41, 5.74) is 0. The Balaban J connectivity index is 1.92. The lowest BCUT2D eigenvalue weighted by atomic mass is 9.85. The first kappa shape index (κ1) is 14.3. The van der Waals surface area contributed by atoms with Crippen molar-refractivity contribution in [1.82, 2.24) is 10.2 Å². The maximum atomic E-state index is 5.45. The highest BCUT2D eigenvalue weighted by atomic mass is 16.5. The summed E-state index contributed by atoms with van der Waals surface area (Å²) >= 11 is 0. The predicted octanol–water partition coefficient (Wildman–Crippen LogP) is 2.12. The summed E-state index contributed by atoms with van der Waals surface area (Å²) in [6.45, 7) is 10.3. The zero-order chi connectivity index (χ0) is 13.1. The van der Waals surface area contributed by atoms with Gasteiger partial charge in [-0.25, -0.2) is 0 Å². The van der Waals surface area contributed by atoms with Crippen LogP contribution in [0.15, 0.2) is 0 Å². The van der Waals surface area contributed by atoms with E-state index in [1.54, 1.807) is 0 Å². The van der Waals surface area contributed by atoms with Crippen molar-refractivity contribution in [3.8, 4) is 0 Å². The molecule has 0 amide bonds.